The van der Waals surface area contributed by atoms with Crippen molar-refractivity contribution in [2.24, 2.45) is 0 Å². The lowest BCUT2D eigenvalue weighted by Crippen LogP contribution is -2.03. The fraction of sp³-hybridized carbons (Fsp3) is 0.0625. The van der Waals surface area contributed by atoms with Crippen LogP contribution in [0.2, 0.25) is 0 Å². The van der Waals surface area contributed by atoms with Crippen LogP contribution in [0.4, 0.5) is 14.5 Å². The van der Waals surface area contributed by atoms with Crippen molar-refractivity contribution in [1.82, 2.24) is 4.98 Å². The SMILES string of the molecule is Fc1ccc(CNc2cccc3cccnc23)c(F)c1. The molecule has 0 saturated heterocycles. The molecular weight excluding hydrogens is 258 g/mol. The normalized spacial score (nSPS) is 10.7. The second-order valence-corrected chi connectivity index (χ2v) is 4.47. The highest BCUT2D eigenvalue weighted by atomic mass is 19.1. The third-order valence-electron chi connectivity index (χ3n) is 3.12. The number of hydrogen-bond acceptors (Lipinski definition) is 2. The van der Waals surface area contributed by atoms with Gasteiger partial charge in [-0.15, -0.1) is 0 Å². The zero-order valence-electron chi connectivity index (χ0n) is 10.6. The molecule has 1 N–H and O–H groups in total. The highest BCUT2D eigenvalue weighted by Gasteiger charge is 2.05. The van der Waals surface area contributed by atoms with Crippen LogP contribution in [0.15, 0.2) is 54.7 Å². The number of rotatable bonds is 3. The Morgan fingerprint density at radius 1 is 1.00 bits per heavy atom. The molecular formula is C16H12F2N2. The Bertz CT molecular complexity index is 751. The Morgan fingerprint density at radius 3 is 2.70 bits per heavy atom. The van der Waals surface area contributed by atoms with Gasteiger partial charge in [0.05, 0.1) is 11.2 Å². The molecule has 3 aromatic rings. The van der Waals surface area contributed by atoms with Crippen LogP contribution in [0.3, 0.4) is 0 Å². The summed E-state index contributed by atoms with van der Waals surface area (Å²) in [6.45, 7) is 0.280. The number of pyridine rings is 1. The lowest BCUT2D eigenvalue weighted by atomic mass is 10.1. The maximum absolute atomic E-state index is 13.6. The topological polar surface area (TPSA) is 24.9 Å². The number of anilines is 1. The summed E-state index contributed by atoms with van der Waals surface area (Å²) in [6.07, 6.45) is 1.71. The molecule has 0 spiro atoms. The zero-order valence-corrected chi connectivity index (χ0v) is 10.6. The van der Waals surface area contributed by atoms with Crippen molar-refractivity contribution < 1.29 is 8.78 Å². The second-order valence-electron chi connectivity index (χ2n) is 4.47. The fourth-order valence-electron chi connectivity index (χ4n) is 2.10. The minimum Gasteiger partial charge on any atom is -0.379 e. The summed E-state index contributed by atoms with van der Waals surface area (Å²) < 4.78 is 26.4. The van der Waals surface area contributed by atoms with Gasteiger partial charge in [-0.25, -0.2) is 8.78 Å². The molecule has 100 valence electrons. The largest absolute Gasteiger partial charge is 0.379 e. The first kappa shape index (κ1) is 12.5. The number of fused-ring (bicyclic) bond motifs is 1. The van der Waals surface area contributed by atoms with E-state index in [-0.39, 0.29) is 6.54 Å². The van der Waals surface area contributed by atoms with Gasteiger partial charge >= 0.3 is 0 Å². The maximum Gasteiger partial charge on any atom is 0.131 e. The van der Waals surface area contributed by atoms with Crippen LogP contribution in [-0.2, 0) is 6.54 Å². The Hall–Kier alpha value is -2.49. The van der Waals surface area contributed by atoms with E-state index in [1.54, 1.807) is 6.20 Å². The zero-order chi connectivity index (χ0) is 13.9. The van der Waals surface area contributed by atoms with Gasteiger partial charge in [0.25, 0.3) is 0 Å². The van der Waals surface area contributed by atoms with E-state index in [9.17, 15) is 8.78 Å². The van der Waals surface area contributed by atoms with Crippen LogP contribution >= 0.6 is 0 Å². The lowest BCUT2D eigenvalue weighted by molar-refractivity contribution is 0.574. The molecule has 1 aromatic heterocycles. The van der Waals surface area contributed by atoms with Gasteiger partial charge in [0, 0.05) is 29.8 Å². The average molecular weight is 270 g/mol. The van der Waals surface area contributed by atoms with E-state index in [4.69, 9.17) is 0 Å². The van der Waals surface area contributed by atoms with Crippen LogP contribution in [0, 0.1) is 11.6 Å². The van der Waals surface area contributed by atoms with E-state index in [0.717, 1.165) is 22.7 Å². The maximum atomic E-state index is 13.6. The van der Waals surface area contributed by atoms with Crippen LogP contribution < -0.4 is 5.32 Å². The van der Waals surface area contributed by atoms with E-state index in [0.29, 0.717) is 5.56 Å². The van der Waals surface area contributed by atoms with Crippen molar-refractivity contribution in [3.05, 3.63) is 71.9 Å². The molecule has 0 aliphatic carbocycles. The quantitative estimate of drug-likeness (QED) is 0.774. The van der Waals surface area contributed by atoms with Gasteiger partial charge < -0.3 is 5.32 Å². The third kappa shape index (κ3) is 2.45. The summed E-state index contributed by atoms with van der Waals surface area (Å²) in [5, 5.41) is 4.15. The monoisotopic (exact) mass is 270 g/mol. The molecule has 0 amide bonds. The minimum atomic E-state index is -0.571. The summed E-state index contributed by atoms with van der Waals surface area (Å²) in [5.74, 6) is -1.12. The summed E-state index contributed by atoms with van der Waals surface area (Å²) >= 11 is 0. The fourth-order valence-corrected chi connectivity index (χ4v) is 2.10. The molecule has 0 unspecified atom stereocenters. The van der Waals surface area contributed by atoms with E-state index >= 15 is 0 Å². The number of aromatic nitrogens is 1. The molecule has 0 aliphatic rings. The molecule has 20 heavy (non-hydrogen) atoms. The Labute approximate surface area is 115 Å². The Kier molecular flexibility index (Phi) is 3.29. The predicted molar refractivity (Wildman–Crippen MR) is 75.4 cm³/mol. The number of benzene rings is 2. The number of para-hydroxylation sites is 1. The van der Waals surface area contributed by atoms with Gasteiger partial charge in [-0.05, 0) is 18.2 Å². The first-order valence-corrected chi connectivity index (χ1v) is 6.25. The highest BCUT2D eigenvalue weighted by molar-refractivity contribution is 5.90. The molecule has 0 radical (unpaired) electrons. The third-order valence-corrected chi connectivity index (χ3v) is 3.12. The van der Waals surface area contributed by atoms with E-state index in [1.165, 1.54) is 12.1 Å². The Morgan fingerprint density at radius 2 is 1.85 bits per heavy atom. The lowest BCUT2D eigenvalue weighted by Gasteiger charge is -2.09. The smallest absolute Gasteiger partial charge is 0.131 e. The van der Waals surface area contributed by atoms with Crippen molar-refractivity contribution in [3.8, 4) is 0 Å². The van der Waals surface area contributed by atoms with Crippen LogP contribution in [0.5, 0.6) is 0 Å². The number of hydrogen-bond donors (Lipinski definition) is 1. The number of halogens is 2. The van der Waals surface area contributed by atoms with Crippen molar-refractivity contribution in [2.75, 3.05) is 5.32 Å². The van der Waals surface area contributed by atoms with E-state index < -0.39 is 11.6 Å². The summed E-state index contributed by atoms with van der Waals surface area (Å²) in [4.78, 5) is 4.31. The standard InChI is InChI=1S/C16H12F2N2/c17-13-7-6-12(14(18)9-13)10-20-15-5-1-3-11-4-2-8-19-16(11)15/h1-9,20H,10H2. The molecule has 0 saturated carbocycles. The summed E-state index contributed by atoms with van der Waals surface area (Å²) in [5.41, 5.74) is 2.07. The van der Waals surface area contributed by atoms with Gasteiger partial charge in [0.15, 0.2) is 0 Å². The first-order valence-electron chi connectivity index (χ1n) is 6.25. The summed E-state index contributed by atoms with van der Waals surface area (Å²) in [6, 6.07) is 13.2. The highest BCUT2D eigenvalue weighted by Crippen LogP contribution is 2.21. The van der Waals surface area contributed by atoms with Gasteiger partial charge in [-0.1, -0.05) is 24.3 Å². The van der Waals surface area contributed by atoms with E-state index in [1.807, 2.05) is 30.3 Å². The predicted octanol–water partition coefficient (Wildman–Crippen LogP) is 4.13. The molecule has 0 aliphatic heterocycles. The van der Waals surface area contributed by atoms with Crippen molar-refractivity contribution in [2.45, 2.75) is 6.54 Å². The minimum absolute atomic E-state index is 0.280. The van der Waals surface area contributed by atoms with E-state index in [2.05, 4.69) is 10.3 Å². The van der Waals surface area contributed by atoms with Gasteiger partial charge in [-0.3, -0.25) is 4.98 Å². The molecule has 0 atom stereocenters. The second kappa shape index (κ2) is 5.25. The van der Waals surface area contributed by atoms with Crippen LogP contribution in [0.25, 0.3) is 10.9 Å². The first-order chi connectivity index (χ1) is 9.74. The summed E-state index contributed by atoms with van der Waals surface area (Å²) in [7, 11) is 0. The number of nitrogens with one attached hydrogen (secondary N) is 1. The molecule has 2 aromatic carbocycles. The molecule has 2 nitrogen and oxygen atoms in total. The van der Waals surface area contributed by atoms with Gasteiger partial charge in [-0.2, -0.15) is 0 Å². The molecule has 4 heteroatoms. The molecule has 0 fully saturated rings. The van der Waals surface area contributed by atoms with Crippen molar-refractivity contribution in [1.29, 1.82) is 0 Å². The molecule has 3 rings (SSSR count). The Balaban J connectivity index is 1.87. The van der Waals surface area contributed by atoms with Gasteiger partial charge in [0.2, 0.25) is 0 Å². The molecule has 0 bridgehead atoms. The molecule has 1 heterocycles. The average Bonchev–Trinajstić information content (AvgIpc) is 2.46. The van der Waals surface area contributed by atoms with Crippen LogP contribution in [-0.4, -0.2) is 4.98 Å². The van der Waals surface area contributed by atoms with Crippen molar-refractivity contribution >= 4 is 16.6 Å². The van der Waals surface area contributed by atoms with Crippen LogP contribution in [0.1, 0.15) is 5.56 Å². The van der Waals surface area contributed by atoms with Gasteiger partial charge in [0.1, 0.15) is 11.6 Å². The van der Waals surface area contributed by atoms with Crippen molar-refractivity contribution in [3.63, 3.8) is 0 Å². The number of nitrogens with zero attached hydrogens (tertiary/aromatic N) is 1.